The zero-order valence-corrected chi connectivity index (χ0v) is 9.37. The van der Waals surface area contributed by atoms with Crippen molar-refractivity contribution in [1.29, 1.82) is 0 Å². The van der Waals surface area contributed by atoms with E-state index in [-0.39, 0.29) is 13.2 Å². The van der Waals surface area contributed by atoms with Crippen LogP contribution in [-0.2, 0) is 11.2 Å². The van der Waals surface area contributed by atoms with Gasteiger partial charge < -0.3 is 14.6 Å². The second-order valence-corrected chi connectivity index (χ2v) is 3.94. The molecule has 0 spiro atoms. The molecule has 0 aliphatic carbocycles. The van der Waals surface area contributed by atoms with Gasteiger partial charge in [-0.05, 0) is 37.0 Å². The van der Waals surface area contributed by atoms with Gasteiger partial charge in [0.2, 0.25) is 6.79 Å². The van der Waals surface area contributed by atoms with Crippen LogP contribution in [0.25, 0.3) is 0 Å². The summed E-state index contributed by atoms with van der Waals surface area (Å²) in [5, 5.41) is 8.68. The number of carboxylic acid groups (broad SMARTS) is 1. The molecule has 0 fully saturated rings. The molecule has 1 aromatic carbocycles. The molecule has 1 aromatic rings. The molecule has 86 valence electrons. The van der Waals surface area contributed by atoms with Crippen LogP contribution in [-0.4, -0.2) is 17.9 Å². The number of hydrogen-bond acceptors (Lipinski definition) is 3. The van der Waals surface area contributed by atoms with E-state index in [2.05, 4.69) is 0 Å². The minimum Gasteiger partial charge on any atom is -0.481 e. The number of carboxylic acids is 1. The first-order valence-corrected chi connectivity index (χ1v) is 5.20. The van der Waals surface area contributed by atoms with Crippen molar-refractivity contribution in [3.05, 3.63) is 22.8 Å². The van der Waals surface area contributed by atoms with E-state index >= 15 is 0 Å². The third-order valence-electron chi connectivity index (χ3n) is 2.84. The fraction of sp³-hybridized carbons (Fsp3) is 0.417. The van der Waals surface area contributed by atoms with Crippen LogP contribution < -0.4 is 9.47 Å². The van der Waals surface area contributed by atoms with Gasteiger partial charge in [-0.2, -0.15) is 0 Å². The Balaban J connectivity index is 2.35. The SMILES string of the molecule is Cc1cc(CCC(=O)O)c2c(c1C)OCO2. The van der Waals surface area contributed by atoms with Crippen molar-refractivity contribution >= 4 is 5.97 Å². The normalized spacial score (nSPS) is 12.9. The molecule has 1 aliphatic heterocycles. The van der Waals surface area contributed by atoms with Crippen molar-refractivity contribution in [1.82, 2.24) is 0 Å². The standard InChI is InChI=1S/C12H14O4/c1-7-5-9(3-4-10(13)14)12-11(8(7)2)15-6-16-12/h5H,3-4,6H2,1-2H3,(H,13,14). The van der Waals surface area contributed by atoms with Gasteiger partial charge in [0.1, 0.15) is 0 Å². The number of fused-ring (bicyclic) bond motifs is 1. The third kappa shape index (κ3) is 1.83. The molecule has 1 aliphatic rings. The first-order chi connectivity index (χ1) is 7.59. The van der Waals surface area contributed by atoms with Crippen LogP contribution in [0.1, 0.15) is 23.1 Å². The monoisotopic (exact) mass is 222 g/mol. The predicted molar refractivity (Wildman–Crippen MR) is 58.0 cm³/mol. The Morgan fingerprint density at radius 3 is 2.75 bits per heavy atom. The van der Waals surface area contributed by atoms with E-state index in [4.69, 9.17) is 14.6 Å². The summed E-state index contributed by atoms with van der Waals surface area (Å²) in [6, 6.07) is 1.98. The molecule has 0 radical (unpaired) electrons. The number of aryl methyl sites for hydroxylation is 2. The lowest BCUT2D eigenvalue weighted by Gasteiger charge is -2.09. The molecule has 0 unspecified atom stereocenters. The van der Waals surface area contributed by atoms with Crippen molar-refractivity contribution in [3.8, 4) is 11.5 Å². The molecule has 1 N–H and O–H groups in total. The molecule has 0 saturated heterocycles. The summed E-state index contributed by atoms with van der Waals surface area (Å²) in [6.07, 6.45) is 0.584. The molecule has 0 aromatic heterocycles. The number of ether oxygens (including phenoxy) is 2. The zero-order chi connectivity index (χ0) is 11.7. The third-order valence-corrected chi connectivity index (χ3v) is 2.84. The molecular formula is C12H14O4. The lowest BCUT2D eigenvalue weighted by Crippen LogP contribution is -1.99. The van der Waals surface area contributed by atoms with Gasteiger partial charge in [0.05, 0.1) is 0 Å². The first kappa shape index (κ1) is 10.8. The minimum atomic E-state index is -0.800. The summed E-state index contributed by atoms with van der Waals surface area (Å²) in [5.74, 6) is 0.677. The average Bonchev–Trinajstić information content (AvgIpc) is 2.70. The Morgan fingerprint density at radius 1 is 1.38 bits per heavy atom. The Labute approximate surface area is 93.8 Å². The van der Waals surface area contributed by atoms with Crippen LogP contribution in [0.2, 0.25) is 0 Å². The fourth-order valence-corrected chi connectivity index (χ4v) is 1.84. The second kappa shape index (κ2) is 4.04. The van der Waals surface area contributed by atoms with E-state index in [0.29, 0.717) is 12.2 Å². The summed E-state index contributed by atoms with van der Waals surface area (Å²) in [5.41, 5.74) is 3.08. The quantitative estimate of drug-likeness (QED) is 0.850. The Kier molecular flexibility index (Phi) is 2.73. The van der Waals surface area contributed by atoms with Crippen LogP contribution in [0, 0.1) is 13.8 Å². The fourth-order valence-electron chi connectivity index (χ4n) is 1.84. The summed E-state index contributed by atoms with van der Waals surface area (Å²) < 4.78 is 10.8. The molecular weight excluding hydrogens is 208 g/mol. The highest BCUT2D eigenvalue weighted by Crippen LogP contribution is 2.40. The summed E-state index contributed by atoms with van der Waals surface area (Å²) in [6.45, 7) is 4.19. The smallest absolute Gasteiger partial charge is 0.303 e. The summed E-state index contributed by atoms with van der Waals surface area (Å²) >= 11 is 0. The highest BCUT2D eigenvalue weighted by Gasteiger charge is 2.21. The number of hydrogen-bond donors (Lipinski definition) is 1. The largest absolute Gasteiger partial charge is 0.481 e. The van der Waals surface area contributed by atoms with Crippen LogP contribution in [0.3, 0.4) is 0 Å². The van der Waals surface area contributed by atoms with Crippen LogP contribution in [0.15, 0.2) is 6.07 Å². The van der Waals surface area contributed by atoms with Crippen molar-refractivity contribution < 1.29 is 19.4 Å². The topological polar surface area (TPSA) is 55.8 Å². The number of rotatable bonds is 3. The molecule has 2 rings (SSSR count). The molecule has 4 nitrogen and oxygen atoms in total. The van der Waals surface area contributed by atoms with Gasteiger partial charge in [0.25, 0.3) is 0 Å². The molecule has 0 bridgehead atoms. The van der Waals surface area contributed by atoms with E-state index < -0.39 is 5.97 Å². The maximum Gasteiger partial charge on any atom is 0.303 e. The van der Waals surface area contributed by atoms with Gasteiger partial charge in [-0.15, -0.1) is 0 Å². The van der Waals surface area contributed by atoms with E-state index in [0.717, 1.165) is 22.4 Å². The van der Waals surface area contributed by atoms with E-state index in [1.165, 1.54) is 0 Å². The van der Waals surface area contributed by atoms with E-state index in [1.54, 1.807) is 0 Å². The molecule has 1 heterocycles. The zero-order valence-electron chi connectivity index (χ0n) is 9.37. The van der Waals surface area contributed by atoms with Gasteiger partial charge in [-0.1, -0.05) is 6.07 Å². The lowest BCUT2D eigenvalue weighted by atomic mass is 10.0. The molecule has 4 heteroatoms. The number of carbonyl (C=O) groups is 1. The highest BCUT2D eigenvalue weighted by atomic mass is 16.7. The van der Waals surface area contributed by atoms with Crippen LogP contribution in [0.4, 0.5) is 0 Å². The van der Waals surface area contributed by atoms with Crippen molar-refractivity contribution in [2.75, 3.05) is 6.79 Å². The second-order valence-electron chi connectivity index (χ2n) is 3.94. The van der Waals surface area contributed by atoms with Gasteiger partial charge >= 0.3 is 5.97 Å². The Morgan fingerprint density at radius 2 is 2.06 bits per heavy atom. The van der Waals surface area contributed by atoms with Gasteiger partial charge in [-0.25, -0.2) is 0 Å². The first-order valence-electron chi connectivity index (χ1n) is 5.20. The lowest BCUT2D eigenvalue weighted by molar-refractivity contribution is -0.136. The van der Waals surface area contributed by atoms with Crippen LogP contribution >= 0.6 is 0 Å². The maximum atomic E-state index is 10.6. The van der Waals surface area contributed by atoms with Gasteiger partial charge in [0.15, 0.2) is 11.5 Å². The average molecular weight is 222 g/mol. The Hall–Kier alpha value is -1.71. The Bertz CT molecular complexity index is 437. The predicted octanol–water partition coefficient (Wildman–Crippen LogP) is 2.05. The number of aliphatic carboxylic acids is 1. The van der Waals surface area contributed by atoms with Crippen molar-refractivity contribution in [2.24, 2.45) is 0 Å². The highest BCUT2D eigenvalue weighted by molar-refractivity contribution is 5.67. The molecule has 0 atom stereocenters. The molecule has 16 heavy (non-hydrogen) atoms. The summed E-state index contributed by atoms with van der Waals surface area (Å²) in [7, 11) is 0. The van der Waals surface area contributed by atoms with E-state index in [1.807, 2.05) is 19.9 Å². The van der Waals surface area contributed by atoms with E-state index in [9.17, 15) is 4.79 Å². The summed E-state index contributed by atoms with van der Waals surface area (Å²) in [4.78, 5) is 10.6. The maximum absolute atomic E-state index is 10.6. The molecule has 0 saturated carbocycles. The van der Waals surface area contributed by atoms with Gasteiger partial charge in [-0.3, -0.25) is 4.79 Å². The van der Waals surface area contributed by atoms with Gasteiger partial charge in [0, 0.05) is 6.42 Å². The minimum absolute atomic E-state index is 0.109. The van der Waals surface area contributed by atoms with Crippen LogP contribution in [0.5, 0.6) is 11.5 Å². The van der Waals surface area contributed by atoms with Crippen molar-refractivity contribution in [3.63, 3.8) is 0 Å². The number of benzene rings is 1. The molecule has 0 amide bonds. The van der Waals surface area contributed by atoms with Crippen molar-refractivity contribution in [2.45, 2.75) is 26.7 Å².